The van der Waals surface area contributed by atoms with E-state index in [4.69, 9.17) is 4.74 Å². The minimum atomic E-state index is -0.124. The number of para-hydroxylation sites is 1. The third-order valence-electron chi connectivity index (χ3n) is 5.31. The molecule has 0 aromatic heterocycles. The van der Waals surface area contributed by atoms with Gasteiger partial charge < -0.3 is 19.9 Å². The number of likely N-dealkylation sites (tertiary alicyclic amines) is 1. The Kier molecular flexibility index (Phi) is 6.88. The molecule has 154 valence electrons. The molecule has 1 aliphatic heterocycles. The number of carbonyl (C=O) groups is 2. The highest BCUT2D eigenvalue weighted by Crippen LogP contribution is 2.27. The number of hydrogen-bond donors (Lipinski definition) is 1. The van der Waals surface area contributed by atoms with Crippen LogP contribution < -0.4 is 10.1 Å². The minimum Gasteiger partial charge on any atom is -0.496 e. The number of nitrogens with one attached hydrogen (secondary N) is 1. The molecular formula is C23H29N3O3. The smallest absolute Gasteiger partial charge is 0.251 e. The Balaban J connectivity index is 1.67. The van der Waals surface area contributed by atoms with Crippen LogP contribution >= 0.6 is 0 Å². The van der Waals surface area contributed by atoms with Gasteiger partial charge >= 0.3 is 0 Å². The Hall–Kier alpha value is -2.86. The normalized spacial score (nSPS) is 14.9. The lowest BCUT2D eigenvalue weighted by Crippen LogP contribution is -2.34. The molecule has 1 unspecified atom stereocenters. The van der Waals surface area contributed by atoms with Crippen molar-refractivity contribution < 1.29 is 14.3 Å². The van der Waals surface area contributed by atoms with Crippen molar-refractivity contribution >= 4 is 11.8 Å². The SMILES string of the molecule is COc1ccccc1C(CNC(=O)c1cccc(CN2CCCC2=O)c1)N(C)C. The van der Waals surface area contributed by atoms with Crippen molar-refractivity contribution in [3.63, 3.8) is 0 Å². The van der Waals surface area contributed by atoms with Crippen molar-refractivity contribution in [3.05, 3.63) is 65.2 Å². The van der Waals surface area contributed by atoms with Gasteiger partial charge in [-0.2, -0.15) is 0 Å². The van der Waals surface area contributed by atoms with Gasteiger partial charge in [0.1, 0.15) is 5.75 Å². The highest BCUT2D eigenvalue weighted by molar-refractivity contribution is 5.94. The number of likely N-dealkylation sites (N-methyl/N-ethyl adjacent to an activating group) is 1. The van der Waals surface area contributed by atoms with Crippen LogP contribution in [0.1, 0.15) is 40.4 Å². The van der Waals surface area contributed by atoms with Gasteiger partial charge in [-0.1, -0.05) is 30.3 Å². The van der Waals surface area contributed by atoms with Crippen LogP contribution in [0.5, 0.6) is 5.75 Å². The minimum absolute atomic E-state index is 0.0134. The van der Waals surface area contributed by atoms with Crippen LogP contribution in [-0.2, 0) is 11.3 Å². The van der Waals surface area contributed by atoms with Gasteiger partial charge in [0, 0.05) is 37.2 Å². The first kappa shape index (κ1) is 20.9. The van der Waals surface area contributed by atoms with E-state index >= 15 is 0 Å². The summed E-state index contributed by atoms with van der Waals surface area (Å²) >= 11 is 0. The topological polar surface area (TPSA) is 61.9 Å². The Morgan fingerprint density at radius 3 is 2.69 bits per heavy atom. The second-order valence-corrected chi connectivity index (χ2v) is 7.55. The summed E-state index contributed by atoms with van der Waals surface area (Å²) in [5.41, 5.74) is 2.61. The quantitative estimate of drug-likeness (QED) is 0.747. The van der Waals surface area contributed by atoms with E-state index in [1.807, 2.05) is 61.5 Å². The lowest BCUT2D eigenvalue weighted by molar-refractivity contribution is -0.128. The molecule has 0 radical (unpaired) electrons. The number of methoxy groups -OCH3 is 1. The number of ether oxygens (including phenoxy) is 1. The number of benzene rings is 2. The maximum atomic E-state index is 12.8. The zero-order chi connectivity index (χ0) is 20.8. The largest absolute Gasteiger partial charge is 0.496 e. The number of amides is 2. The van der Waals surface area contributed by atoms with Crippen molar-refractivity contribution in [2.45, 2.75) is 25.4 Å². The summed E-state index contributed by atoms with van der Waals surface area (Å²) < 4.78 is 5.48. The molecule has 1 N–H and O–H groups in total. The summed E-state index contributed by atoms with van der Waals surface area (Å²) in [6, 6.07) is 15.3. The van der Waals surface area contributed by atoms with E-state index in [1.165, 1.54) is 0 Å². The molecule has 6 heteroatoms. The highest BCUT2D eigenvalue weighted by atomic mass is 16.5. The number of carbonyl (C=O) groups excluding carboxylic acids is 2. The van der Waals surface area contributed by atoms with Crippen LogP contribution in [-0.4, -0.2) is 55.9 Å². The summed E-state index contributed by atoms with van der Waals surface area (Å²) in [6.45, 7) is 1.81. The van der Waals surface area contributed by atoms with Gasteiger partial charge in [0.2, 0.25) is 5.91 Å². The number of nitrogens with zero attached hydrogens (tertiary/aromatic N) is 2. The predicted molar refractivity (Wildman–Crippen MR) is 113 cm³/mol. The molecule has 0 spiro atoms. The molecule has 1 fully saturated rings. The van der Waals surface area contributed by atoms with Gasteiger partial charge in [-0.25, -0.2) is 0 Å². The van der Waals surface area contributed by atoms with Gasteiger partial charge in [0.05, 0.1) is 13.2 Å². The van der Waals surface area contributed by atoms with E-state index in [2.05, 4.69) is 10.2 Å². The fourth-order valence-electron chi connectivity index (χ4n) is 3.71. The van der Waals surface area contributed by atoms with Crippen molar-refractivity contribution in [1.29, 1.82) is 0 Å². The predicted octanol–water partition coefficient (Wildman–Crippen LogP) is 2.85. The fourth-order valence-corrected chi connectivity index (χ4v) is 3.71. The Morgan fingerprint density at radius 1 is 1.21 bits per heavy atom. The van der Waals surface area contributed by atoms with Crippen molar-refractivity contribution in [3.8, 4) is 5.75 Å². The Bertz CT molecular complexity index is 866. The molecule has 2 aromatic rings. The Labute approximate surface area is 172 Å². The lowest BCUT2D eigenvalue weighted by atomic mass is 10.0. The third kappa shape index (κ3) is 5.15. The Morgan fingerprint density at radius 2 is 2.00 bits per heavy atom. The summed E-state index contributed by atoms with van der Waals surface area (Å²) in [6.07, 6.45) is 1.53. The molecule has 1 aliphatic rings. The van der Waals surface area contributed by atoms with Crippen LogP contribution in [0.15, 0.2) is 48.5 Å². The number of hydrogen-bond acceptors (Lipinski definition) is 4. The van der Waals surface area contributed by atoms with E-state index < -0.39 is 0 Å². The molecule has 2 aromatic carbocycles. The van der Waals surface area contributed by atoms with E-state index in [9.17, 15) is 9.59 Å². The molecule has 29 heavy (non-hydrogen) atoms. The molecule has 1 heterocycles. The summed E-state index contributed by atoms with van der Waals surface area (Å²) in [4.78, 5) is 28.5. The molecule has 3 rings (SSSR count). The number of rotatable bonds is 8. The average molecular weight is 396 g/mol. The van der Waals surface area contributed by atoms with E-state index in [0.717, 1.165) is 29.8 Å². The van der Waals surface area contributed by atoms with E-state index in [1.54, 1.807) is 13.2 Å². The van der Waals surface area contributed by atoms with E-state index in [-0.39, 0.29) is 17.9 Å². The second kappa shape index (κ2) is 9.56. The zero-order valence-electron chi connectivity index (χ0n) is 17.4. The van der Waals surface area contributed by atoms with Gasteiger partial charge in [-0.3, -0.25) is 9.59 Å². The highest BCUT2D eigenvalue weighted by Gasteiger charge is 2.21. The summed E-state index contributed by atoms with van der Waals surface area (Å²) in [5, 5.41) is 3.04. The standard InChI is InChI=1S/C23H29N3O3/c1-25(2)20(19-10-4-5-11-21(19)29-3)15-24-23(28)18-9-6-8-17(14-18)16-26-13-7-12-22(26)27/h4-6,8-11,14,20H,7,12-13,15-16H2,1-3H3,(H,24,28). The average Bonchev–Trinajstić information content (AvgIpc) is 3.12. The zero-order valence-corrected chi connectivity index (χ0v) is 17.4. The summed E-state index contributed by atoms with van der Waals surface area (Å²) in [7, 11) is 5.62. The fraction of sp³-hybridized carbons (Fsp3) is 0.391. The molecule has 1 atom stereocenters. The lowest BCUT2D eigenvalue weighted by Gasteiger charge is -2.26. The van der Waals surface area contributed by atoms with Crippen molar-refractivity contribution in [1.82, 2.24) is 15.1 Å². The van der Waals surface area contributed by atoms with Gasteiger partial charge in [0.15, 0.2) is 0 Å². The maximum Gasteiger partial charge on any atom is 0.251 e. The third-order valence-corrected chi connectivity index (χ3v) is 5.31. The first-order valence-corrected chi connectivity index (χ1v) is 9.94. The maximum absolute atomic E-state index is 12.8. The van der Waals surface area contributed by atoms with Crippen molar-refractivity contribution in [2.75, 3.05) is 34.3 Å². The van der Waals surface area contributed by atoms with Crippen LogP contribution in [0.3, 0.4) is 0 Å². The second-order valence-electron chi connectivity index (χ2n) is 7.55. The van der Waals surface area contributed by atoms with Gasteiger partial charge in [-0.05, 0) is 44.3 Å². The van der Waals surface area contributed by atoms with E-state index in [0.29, 0.717) is 25.1 Å². The first-order chi connectivity index (χ1) is 14.0. The summed E-state index contributed by atoms with van der Waals surface area (Å²) in [5.74, 6) is 0.865. The molecule has 0 aliphatic carbocycles. The molecule has 0 bridgehead atoms. The first-order valence-electron chi connectivity index (χ1n) is 9.94. The molecule has 0 saturated carbocycles. The van der Waals surface area contributed by atoms with Gasteiger partial charge in [0.25, 0.3) is 5.91 Å². The molecule has 6 nitrogen and oxygen atoms in total. The molecular weight excluding hydrogens is 366 g/mol. The molecule has 2 amide bonds. The monoisotopic (exact) mass is 395 g/mol. The van der Waals surface area contributed by atoms with Crippen LogP contribution in [0.2, 0.25) is 0 Å². The van der Waals surface area contributed by atoms with Crippen LogP contribution in [0.4, 0.5) is 0 Å². The van der Waals surface area contributed by atoms with Gasteiger partial charge in [-0.15, -0.1) is 0 Å². The van der Waals surface area contributed by atoms with Crippen molar-refractivity contribution in [2.24, 2.45) is 0 Å². The van der Waals surface area contributed by atoms with Crippen LogP contribution in [0, 0.1) is 0 Å². The molecule has 1 saturated heterocycles. The van der Waals surface area contributed by atoms with Crippen LogP contribution in [0.25, 0.3) is 0 Å².